The number of guanidine groups is 1. The normalized spacial score (nSPS) is 16.3. The van der Waals surface area contributed by atoms with Gasteiger partial charge in [0.1, 0.15) is 0 Å². The minimum atomic E-state index is 0.195. The van der Waals surface area contributed by atoms with Crippen molar-refractivity contribution in [3.8, 4) is 0 Å². The summed E-state index contributed by atoms with van der Waals surface area (Å²) in [6.07, 6.45) is 1.50. The largest absolute Gasteiger partial charge is 0.368 e. The summed E-state index contributed by atoms with van der Waals surface area (Å²) in [6, 6.07) is 10.8. The fourth-order valence-electron chi connectivity index (χ4n) is 2.93. The van der Waals surface area contributed by atoms with Gasteiger partial charge in [-0.25, -0.2) is 0 Å². The molecule has 0 radical (unpaired) electrons. The molecule has 0 aliphatic carbocycles. The van der Waals surface area contributed by atoms with Gasteiger partial charge >= 0.3 is 0 Å². The molecule has 1 unspecified atom stereocenters. The number of para-hydroxylation sites is 1. The lowest BCUT2D eigenvalue weighted by Gasteiger charge is -2.36. The van der Waals surface area contributed by atoms with Crippen molar-refractivity contribution in [2.45, 2.75) is 39.7 Å². The number of nitrogens with one attached hydrogen (secondary N) is 2. The van der Waals surface area contributed by atoms with Crippen molar-refractivity contribution in [1.29, 1.82) is 0 Å². The molecule has 144 valence electrons. The van der Waals surface area contributed by atoms with Crippen LogP contribution in [0.2, 0.25) is 0 Å². The maximum Gasteiger partial charge on any atom is 0.224 e. The van der Waals surface area contributed by atoms with Crippen molar-refractivity contribution in [3.05, 3.63) is 30.3 Å². The summed E-state index contributed by atoms with van der Waals surface area (Å²) in [6.45, 7) is 11.0. The molecule has 2 N–H and O–H groups in total. The molecule has 1 aliphatic rings. The Morgan fingerprint density at radius 3 is 2.46 bits per heavy atom. The first kappa shape index (κ1) is 20.1. The monoisotopic (exact) mass is 359 g/mol. The number of carbonyl (C=O) groups is 1. The van der Waals surface area contributed by atoms with Crippen LogP contribution in [0.15, 0.2) is 35.3 Å². The molecule has 1 heterocycles. The molecule has 1 aromatic carbocycles. The van der Waals surface area contributed by atoms with Gasteiger partial charge in [0, 0.05) is 50.9 Å². The molecule has 6 nitrogen and oxygen atoms in total. The summed E-state index contributed by atoms with van der Waals surface area (Å²) in [4.78, 5) is 21.3. The van der Waals surface area contributed by atoms with E-state index in [0.29, 0.717) is 19.0 Å². The van der Waals surface area contributed by atoms with E-state index in [0.717, 1.165) is 45.1 Å². The van der Waals surface area contributed by atoms with Gasteiger partial charge in [-0.3, -0.25) is 9.79 Å². The molecule has 6 heteroatoms. The van der Waals surface area contributed by atoms with E-state index in [1.807, 2.05) is 17.9 Å². The predicted octanol–water partition coefficient (Wildman–Crippen LogP) is 2.08. The lowest BCUT2D eigenvalue weighted by molar-refractivity contribution is -0.131. The van der Waals surface area contributed by atoms with Crippen LogP contribution in [-0.4, -0.2) is 62.1 Å². The molecule has 1 aromatic rings. The van der Waals surface area contributed by atoms with Gasteiger partial charge in [0.2, 0.25) is 5.91 Å². The second-order valence-corrected chi connectivity index (χ2v) is 6.67. The van der Waals surface area contributed by atoms with E-state index < -0.39 is 0 Å². The topological polar surface area (TPSA) is 60.0 Å². The SMILES string of the molecule is CCNC(=NCCC(=O)N1CCN(c2ccccc2)CC1)NC(C)CC. The van der Waals surface area contributed by atoms with Crippen molar-refractivity contribution in [2.75, 3.05) is 44.2 Å². The Morgan fingerprint density at radius 1 is 1.15 bits per heavy atom. The van der Waals surface area contributed by atoms with Crippen LogP contribution in [0.4, 0.5) is 5.69 Å². The molecule has 0 saturated carbocycles. The van der Waals surface area contributed by atoms with E-state index in [9.17, 15) is 4.79 Å². The molecular weight excluding hydrogens is 326 g/mol. The third-order valence-electron chi connectivity index (χ3n) is 4.69. The Balaban J connectivity index is 1.76. The van der Waals surface area contributed by atoms with Crippen molar-refractivity contribution in [1.82, 2.24) is 15.5 Å². The molecule has 1 fully saturated rings. The lowest BCUT2D eigenvalue weighted by Crippen LogP contribution is -2.49. The summed E-state index contributed by atoms with van der Waals surface area (Å²) < 4.78 is 0. The zero-order valence-electron chi connectivity index (χ0n) is 16.4. The average molecular weight is 360 g/mol. The van der Waals surface area contributed by atoms with Crippen LogP contribution >= 0.6 is 0 Å². The van der Waals surface area contributed by atoms with Crippen LogP contribution < -0.4 is 15.5 Å². The second-order valence-electron chi connectivity index (χ2n) is 6.67. The van der Waals surface area contributed by atoms with Gasteiger partial charge in [-0.2, -0.15) is 0 Å². The summed E-state index contributed by atoms with van der Waals surface area (Å²) in [5.74, 6) is 0.990. The number of anilines is 1. The van der Waals surface area contributed by atoms with Crippen molar-refractivity contribution in [2.24, 2.45) is 4.99 Å². The number of amides is 1. The van der Waals surface area contributed by atoms with E-state index in [1.165, 1.54) is 5.69 Å². The standard InChI is InChI=1S/C20H33N5O/c1-4-17(3)23-20(21-5-2)22-12-11-19(26)25-15-13-24(14-16-25)18-9-7-6-8-10-18/h6-10,17H,4-5,11-16H2,1-3H3,(H2,21,22,23). The van der Waals surface area contributed by atoms with Crippen LogP contribution in [0.5, 0.6) is 0 Å². The highest BCUT2D eigenvalue weighted by atomic mass is 16.2. The van der Waals surface area contributed by atoms with Gasteiger partial charge in [-0.05, 0) is 32.4 Å². The highest BCUT2D eigenvalue weighted by molar-refractivity contribution is 5.81. The summed E-state index contributed by atoms with van der Waals surface area (Å²) >= 11 is 0. The number of rotatable bonds is 7. The van der Waals surface area contributed by atoms with Gasteiger partial charge < -0.3 is 20.4 Å². The minimum absolute atomic E-state index is 0.195. The van der Waals surface area contributed by atoms with Crippen molar-refractivity contribution < 1.29 is 4.79 Å². The molecular formula is C20H33N5O. The van der Waals surface area contributed by atoms with Gasteiger partial charge in [-0.15, -0.1) is 0 Å². The van der Waals surface area contributed by atoms with Crippen LogP contribution in [0, 0.1) is 0 Å². The fraction of sp³-hybridized carbons (Fsp3) is 0.600. The number of hydrogen-bond donors (Lipinski definition) is 2. The Morgan fingerprint density at radius 2 is 1.85 bits per heavy atom. The molecule has 1 atom stereocenters. The number of aliphatic imine (C=N–C) groups is 1. The van der Waals surface area contributed by atoms with E-state index in [4.69, 9.17) is 0 Å². The van der Waals surface area contributed by atoms with E-state index in [1.54, 1.807) is 0 Å². The lowest BCUT2D eigenvalue weighted by atomic mass is 10.2. The molecule has 0 spiro atoms. The molecule has 1 aliphatic heterocycles. The van der Waals surface area contributed by atoms with Crippen molar-refractivity contribution in [3.63, 3.8) is 0 Å². The van der Waals surface area contributed by atoms with Gasteiger partial charge in [0.05, 0.1) is 6.54 Å². The first-order valence-electron chi connectivity index (χ1n) is 9.76. The molecule has 1 saturated heterocycles. The molecule has 1 amide bonds. The number of nitrogens with zero attached hydrogens (tertiary/aromatic N) is 3. The molecule has 0 bridgehead atoms. The summed E-state index contributed by atoms with van der Waals surface area (Å²) in [7, 11) is 0. The predicted molar refractivity (Wildman–Crippen MR) is 109 cm³/mol. The molecule has 2 rings (SSSR count). The third kappa shape index (κ3) is 6.24. The van der Waals surface area contributed by atoms with E-state index in [-0.39, 0.29) is 5.91 Å². The van der Waals surface area contributed by atoms with Crippen LogP contribution in [0.25, 0.3) is 0 Å². The van der Waals surface area contributed by atoms with E-state index in [2.05, 4.69) is 58.6 Å². The van der Waals surface area contributed by atoms with Gasteiger partial charge in [-0.1, -0.05) is 25.1 Å². The molecule has 26 heavy (non-hydrogen) atoms. The maximum absolute atomic E-state index is 12.5. The Labute approximate surface area is 157 Å². The first-order chi connectivity index (χ1) is 12.6. The maximum atomic E-state index is 12.5. The quantitative estimate of drug-likeness (QED) is 0.578. The first-order valence-corrected chi connectivity index (χ1v) is 9.76. The fourth-order valence-corrected chi connectivity index (χ4v) is 2.93. The Hall–Kier alpha value is -2.24. The van der Waals surface area contributed by atoms with Crippen LogP contribution in [0.3, 0.4) is 0 Å². The molecule has 0 aromatic heterocycles. The van der Waals surface area contributed by atoms with Crippen molar-refractivity contribution >= 4 is 17.6 Å². The Kier molecular flexibility index (Phi) is 8.25. The van der Waals surface area contributed by atoms with Gasteiger partial charge in [0.25, 0.3) is 0 Å². The number of piperazine rings is 1. The van der Waals surface area contributed by atoms with Gasteiger partial charge in [0.15, 0.2) is 5.96 Å². The van der Waals surface area contributed by atoms with Crippen LogP contribution in [0.1, 0.15) is 33.6 Å². The van der Waals surface area contributed by atoms with Crippen LogP contribution in [-0.2, 0) is 4.79 Å². The number of carbonyl (C=O) groups excluding carboxylic acids is 1. The smallest absolute Gasteiger partial charge is 0.224 e. The van der Waals surface area contributed by atoms with E-state index >= 15 is 0 Å². The number of hydrogen-bond acceptors (Lipinski definition) is 3. The number of benzene rings is 1. The highest BCUT2D eigenvalue weighted by Crippen LogP contribution is 2.15. The summed E-state index contributed by atoms with van der Waals surface area (Å²) in [5, 5.41) is 6.58. The third-order valence-corrected chi connectivity index (χ3v) is 4.69. The minimum Gasteiger partial charge on any atom is -0.368 e. The average Bonchev–Trinajstić information content (AvgIpc) is 2.68. The zero-order chi connectivity index (χ0) is 18.8. The Bertz CT molecular complexity index is 567. The summed E-state index contributed by atoms with van der Waals surface area (Å²) in [5.41, 5.74) is 1.23. The highest BCUT2D eigenvalue weighted by Gasteiger charge is 2.20. The second kappa shape index (κ2) is 10.7. The zero-order valence-corrected chi connectivity index (χ0v) is 16.4.